The van der Waals surface area contributed by atoms with E-state index in [0.717, 1.165) is 0 Å². The first-order chi connectivity index (χ1) is 8.88. The van der Waals surface area contributed by atoms with Gasteiger partial charge >= 0.3 is 0 Å². The van der Waals surface area contributed by atoms with Crippen molar-refractivity contribution in [2.45, 2.75) is 4.90 Å². The molecular formula is C10H14BrClN2O4S. The maximum atomic E-state index is 12.0. The van der Waals surface area contributed by atoms with Gasteiger partial charge in [0.15, 0.2) is 0 Å². The standard InChI is InChI=1S/C10H14BrClN2O4S/c11-10-8(13)5-7(12)6-9(10)19(16,17)14-1-3-18-4-2-15/h5-6,14-15H,1-4,13H2. The van der Waals surface area contributed by atoms with E-state index in [4.69, 9.17) is 27.2 Å². The fourth-order valence-electron chi connectivity index (χ4n) is 1.27. The Morgan fingerprint density at radius 2 is 2.11 bits per heavy atom. The van der Waals surface area contributed by atoms with Gasteiger partial charge in [-0.1, -0.05) is 11.6 Å². The molecule has 1 aromatic rings. The first kappa shape index (κ1) is 16.7. The zero-order valence-electron chi connectivity index (χ0n) is 9.90. The normalized spacial score (nSPS) is 11.7. The molecule has 19 heavy (non-hydrogen) atoms. The van der Waals surface area contributed by atoms with Crippen molar-refractivity contribution in [2.75, 3.05) is 32.1 Å². The Balaban J connectivity index is 2.78. The van der Waals surface area contributed by atoms with Crippen LogP contribution in [0.1, 0.15) is 0 Å². The molecule has 0 amide bonds. The third-order valence-electron chi connectivity index (χ3n) is 2.10. The van der Waals surface area contributed by atoms with Gasteiger partial charge in [0.1, 0.15) is 0 Å². The summed E-state index contributed by atoms with van der Waals surface area (Å²) in [6, 6.07) is 2.76. The van der Waals surface area contributed by atoms with Gasteiger partial charge in [-0.15, -0.1) is 0 Å². The third kappa shape index (κ3) is 4.90. The number of nitrogens with one attached hydrogen (secondary N) is 1. The molecule has 0 bridgehead atoms. The molecule has 0 saturated carbocycles. The molecule has 9 heteroatoms. The van der Waals surface area contributed by atoms with Gasteiger partial charge in [-0.3, -0.25) is 0 Å². The smallest absolute Gasteiger partial charge is 0.241 e. The summed E-state index contributed by atoms with van der Waals surface area (Å²) < 4.78 is 31.6. The molecule has 0 atom stereocenters. The Morgan fingerprint density at radius 1 is 1.42 bits per heavy atom. The minimum absolute atomic E-state index is 0.0281. The topological polar surface area (TPSA) is 102 Å². The van der Waals surface area contributed by atoms with Crippen LogP contribution in [0.2, 0.25) is 5.02 Å². The number of nitrogens with two attached hydrogens (primary N) is 1. The molecule has 6 nitrogen and oxygen atoms in total. The van der Waals surface area contributed by atoms with Crippen molar-refractivity contribution in [3.05, 3.63) is 21.6 Å². The highest BCUT2D eigenvalue weighted by atomic mass is 79.9. The number of nitrogen functional groups attached to an aromatic ring is 1. The molecule has 1 rings (SSSR count). The van der Waals surface area contributed by atoms with Gasteiger partial charge in [0.25, 0.3) is 0 Å². The lowest BCUT2D eigenvalue weighted by Gasteiger charge is -2.10. The molecule has 0 spiro atoms. The van der Waals surface area contributed by atoms with Crippen LogP contribution in [-0.2, 0) is 14.8 Å². The van der Waals surface area contributed by atoms with Gasteiger partial charge in [-0.25, -0.2) is 13.1 Å². The van der Waals surface area contributed by atoms with Crippen LogP contribution in [0.15, 0.2) is 21.5 Å². The summed E-state index contributed by atoms with van der Waals surface area (Å²) in [6.45, 7) is 0.299. The van der Waals surface area contributed by atoms with Crippen LogP contribution in [0.4, 0.5) is 5.69 Å². The second kappa shape index (κ2) is 7.41. The largest absolute Gasteiger partial charge is 0.398 e. The highest BCUT2D eigenvalue weighted by Gasteiger charge is 2.19. The fourth-order valence-corrected chi connectivity index (χ4v) is 3.58. The molecule has 0 heterocycles. The van der Waals surface area contributed by atoms with E-state index in [1.165, 1.54) is 12.1 Å². The zero-order chi connectivity index (χ0) is 14.5. The van der Waals surface area contributed by atoms with Gasteiger partial charge in [0.2, 0.25) is 10.0 Å². The summed E-state index contributed by atoms with van der Waals surface area (Å²) >= 11 is 8.90. The predicted octanol–water partition coefficient (Wildman–Crippen LogP) is 0.972. The Kier molecular flexibility index (Phi) is 6.51. The second-order valence-electron chi connectivity index (χ2n) is 3.54. The van der Waals surface area contributed by atoms with Crippen LogP contribution in [0, 0.1) is 0 Å². The molecule has 4 N–H and O–H groups in total. The number of halogens is 2. The molecule has 0 saturated heterocycles. The van der Waals surface area contributed by atoms with Crippen molar-refractivity contribution in [1.29, 1.82) is 0 Å². The average Bonchev–Trinajstić information content (AvgIpc) is 2.33. The van der Waals surface area contributed by atoms with Crippen LogP contribution in [0.5, 0.6) is 0 Å². The Morgan fingerprint density at radius 3 is 2.74 bits per heavy atom. The van der Waals surface area contributed by atoms with E-state index in [2.05, 4.69) is 20.7 Å². The summed E-state index contributed by atoms with van der Waals surface area (Å²) in [4.78, 5) is -0.0281. The summed E-state index contributed by atoms with van der Waals surface area (Å²) in [5.41, 5.74) is 5.88. The van der Waals surface area contributed by atoms with Crippen molar-refractivity contribution in [3.8, 4) is 0 Å². The van der Waals surface area contributed by atoms with E-state index >= 15 is 0 Å². The molecule has 108 valence electrons. The molecule has 0 aliphatic carbocycles. The number of hydrogen-bond donors (Lipinski definition) is 3. The molecule has 0 unspecified atom stereocenters. The molecule has 0 fully saturated rings. The zero-order valence-corrected chi connectivity index (χ0v) is 13.1. The highest BCUT2D eigenvalue weighted by molar-refractivity contribution is 9.10. The maximum Gasteiger partial charge on any atom is 0.241 e. The lowest BCUT2D eigenvalue weighted by Crippen LogP contribution is -2.28. The van der Waals surface area contributed by atoms with Crippen molar-refractivity contribution in [3.63, 3.8) is 0 Å². The Hall–Kier alpha value is -0.380. The average molecular weight is 374 g/mol. The predicted molar refractivity (Wildman–Crippen MR) is 76.7 cm³/mol. The Labute approximate surface area is 125 Å². The van der Waals surface area contributed by atoms with Crippen molar-refractivity contribution in [2.24, 2.45) is 0 Å². The minimum atomic E-state index is -3.73. The first-order valence-corrected chi connectivity index (χ1v) is 7.96. The van der Waals surface area contributed by atoms with Crippen LogP contribution in [0.25, 0.3) is 0 Å². The fraction of sp³-hybridized carbons (Fsp3) is 0.400. The van der Waals surface area contributed by atoms with Crippen molar-refractivity contribution in [1.82, 2.24) is 4.72 Å². The molecule has 1 aromatic carbocycles. The van der Waals surface area contributed by atoms with E-state index in [0.29, 0.717) is 0 Å². The summed E-state index contributed by atoms with van der Waals surface area (Å²) in [5, 5.41) is 8.74. The van der Waals surface area contributed by atoms with Gasteiger partial charge in [-0.2, -0.15) is 0 Å². The summed E-state index contributed by atoms with van der Waals surface area (Å²) in [6.07, 6.45) is 0. The number of aliphatic hydroxyl groups is 1. The number of benzene rings is 1. The van der Waals surface area contributed by atoms with Crippen LogP contribution in [0.3, 0.4) is 0 Å². The van der Waals surface area contributed by atoms with Gasteiger partial charge < -0.3 is 15.6 Å². The van der Waals surface area contributed by atoms with Crippen molar-refractivity contribution >= 4 is 43.2 Å². The summed E-state index contributed by atoms with van der Waals surface area (Å²) in [7, 11) is -3.73. The number of hydrogen-bond acceptors (Lipinski definition) is 5. The number of sulfonamides is 1. The first-order valence-electron chi connectivity index (χ1n) is 5.31. The van der Waals surface area contributed by atoms with E-state index in [9.17, 15) is 8.42 Å². The number of rotatable bonds is 7. The molecule has 0 aliphatic rings. The van der Waals surface area contributed by atoms with Gasteiger partial charge in [-0.05, 0) is 28.1 Å². The van der Waals surface area contributed by atoms with Gasteiger partial charge in [0, 0.05) is 17.3 Å². The number of anilines is 1. The van der Waals surface area contributed by atoms with E-state index in [1.807, 2.05) is 0 Å². The van der Waals surface area contributed by atoms with Crippen LogP contribution < -0.4 is 10.5 Å². The quantitative estimate of drug-likeness (QED) is 0.488. The number of aliphatic hydroxyl groups excluding tert-OH is 1. The van der Waals surface area contributed by atoms with Crippen molar-refractivity contribution < 1.29 is 18.3 Å². The lowest BCUT2D eigenvalue weighted by molar-refractivity contribution is 0.0961. The third-order valence-corrected chi connectivity index (χ3v) is 4.95. The molecular weight excluding hydrogens is 360 g/mol. The van der Waals surface area contributed by atoms with Crippen LogP contribution in [-0.4, -0.2) is 39.9 Å². The number of ether oxygens (including phenoxy) is 1. The van der Waals surface area contributed by atoms with E-state index < -0.39 is 10.0 Å². The lowest BCUT2D eigenvalue weighted by atomic mass is 10.3. The van der Waals surface area contributed by atoms with Crippen LogP contribution >= 0.6 is 27.5 Å². The highest BCUT2D eigenvalue weighted by Crippen LogP contribution is 2.31. The Bertz CT molecular complexity index is 539. The second-order valence-corrected chi connectivity index (χ2v) is 6.51. The van der Waals surface area contributed by atoms with Gasteiger partial charge in [0.05, 0.1) is 29.2 Å². The minimum Gasteiger partial charge on any atom is -0.398 e. The molecule has 0 aromatic heterocycles. The maximum absolute atomic E-state index is 12.0. The van der Waals surface area contributed by atoms with E-state index in [-0.39, 0.29) is 46.4 Å². The SMILES string of the molecule is Nc1cc(Cl)cc(S(=O)(=O)NCCOCCO)c1Br. The van der Waals surface area contributed by atoms with E-state index in [1.54, 1.807) is 0 Å². The monoisotopic (exact) mass is 372 g/mol. The summed E-state index contributed by atoms with van der Waals surface area (Å²) in [5.74, 6) is 0. The molecule has 0 radical (unpaired) electrons. The molecule has 0 aliphatic heterocycles.